The summed E-state index contributed by atoms with van der Waals surface area (Å²) in [5.41, 5.74) is 2.49. The zero-order valence-electron chi connectivity index (χ0n) is 14.8. The topological polar surface area (TPSA) is 26.3 Å². The number of para-hydroxylation sites is 1. The molecule has 1 aromatic carbocycles. The third-order valence-corrected chi connectivity index (χ3v) is 3.17. The minimum Gasteiger partial charge on any atom is -0.488 e. The lowest BCUT2D eigenvalue weighted by Gasteiger charge is -2.18. The Morgan fingerprint density at radius 3 is 2.48 bits per heavy atom. The van der Waals surface area contributed by atoms with Crippen molar-refractivity contribution in [3.63, 3.8) is 0 Å². The molecule has 1 aliphatic heterocycles. The third-order valence-electron chi connectivity index (χ3n) is 3.17. The number of allylic oxidation sites excluding steroid dienone is 5. The highest BCUT2D eigenvalue weighted by Crippen LogP contribution is 2.27. The summed E-state index contributed by atoms with van der Waals surface area (Å²) in [6, 6.07) is 7.40. The number of Topliss-reactive ketones (excluding diaryl/α,β-unsaturated/α-hetero) is 1. The Labute approximate surface area is 140 Å². The van der Waals surface area contributed by atoms with Crippen LogP contribution in [0.2, 0.25) is 0 Å². The molecule has 0 bridgehead atoms. The molecule has 0 amide bonds. The second-order valence-corrected chi connectivity index (χ2v) is 5.17. The molecule has 3 rings (SSSR count). The highest BCUT2D eigenvalue weighted by atomic mass is 16.5. The number of ketones is 1. The van der Waals surface area contributed by atoms with E-state index in [0.29, 0.717) is 17.9 Å². The summed E-state index contributed by atoms with van der Waals surface area (Å²) in [4.78, 5) is 12.3. The number of hydrogen-bond donors (Lipinski definition) is 0. The van der Waals surface area contributed by atoms with E-state index in [1.165, 1.54) is 6.42 Å². The Bertz CT molecular complexity index is 592. The zero-order valence-corrected chi connectivity index (χ0v) is 14.8. The second-order valence-electron chi connectivity index (χ2n) is 5.17. The number of hydrogen-bond acceptors (Lipinski definition) is 2. The van der Waals surface area contributed by atoms with E-state index in [2.05, 4.69) is 32.1 Å². The summed E-state index contributed by atoms with van der Waals surface area (Å²) in [7, 11) is 0. The van der Waals surface area contributed by atoms with Gasteiger partial charge in [-0.1, -0.05) is 64.5 Å². The summed E-state index contributed by atoms with van der Waals surface area (Å²) in [6.07, 6.45) is 11.7. The van der Waals surface area contributed by atoms with Crippen LogP contribution in [0.5, 0.6) is 5.75 Å². The van der Waals surface area contributed by atoms with Gasteiger partial charge in [-0.25, -0.2) is 0 Å². The van der Waals surface area contributed by atoms with Gasteiger partial charge in [0.2, 0.25) is 0 Å². The van der Waals surface area contributed by atoms with Crippen molar-refractivity contribution in [3.05, 3.63) is 65.3 Å². The first-order valence-electron chi connectivity index (χ1n) is 8.60. The van der Waals surface area contributed by atoms with Crippen molar-refractivity contribution in [2.75, 3.05) is 6.61 Å². The van der Waals surface area contributed by atoms with Crippen molar-refractivity contribution in [1.82, 2.24) is 0 Å². The van der Waals surface area contributed by atoms with Crippen LogP contribution in [0.3, 0.4) is 0 Å². The molecule has 2 nitrogen and oxygen atoms in total. The van der Waals surface area contributed by atoms with Crippen molar-refractivity contribution in [2.45, 2.75) is 47.0 Å². The molecular formula is C21H28O2. The summed E-state index contributed by atoms with van der Waals surface area (Å²) in [5.74, 6) is 0.768. The van der Waals surface area contributed by atoms with Gasteiger partial charge in [-0.15, -0.1) is 0 Å². The van der Waals surface area contributed by atoms with Gasteiger partial charge in [0, 0.05) is 5.57 Å². The number of carbonyl (C=O) groups is 1. The molecule has 0 saturated carbocycles. The maximum absolute atomic E-state index is 12.3. The highest BCUT2D eigenvalue weighted by Gasteiger charge is 2.22. The number of ether oxygens (including phenoxy) is 1. The number of fused-ring (bicyclic) bond motifs is 1. The van der Waals surface area contributed by atoms with Gasteiger partial charge in [0.1, 0.15) is 12.4 Å². The molecule has 1 heterocycles. The molecule has 1 aliphatic carbocycles. The predicted molar refractivity (Wildman–Crippen MR) is 98.1 cm³/mol. The van der Waals surface area contributed by atoms with E-state index in [-0.39, 0.29) is 5.78 Å². The average Bonchev–Trinajstić information content (AvgIpc) is 2.61. The highest BCUT2D eigenvalue weighted by molar-refractivity contribution is 6.11. The van der Waals surface area contributed by atoms with Crippen molar-refractivity contribution < 1.29 is 9.53 Å². The summed E-state index contributed by atoms with van der Waals surface area (Å²) in [6.45, 7) is 8.61. The molecule has 23 heavy (non-hydrogen) atoms. The van der Waals surface area contributed by atoms with E-state index in [1.807, 2.05) is 44.2 Å². The smallest absolute Gasteiger partial charge is 0.196 e. The monoisotopic (exact) mass is 312 g/mol. The lowest BCUT2D eigenvalue weighted by molar-refractivity contribution is 0.0999. The van der Waals surface area contributed by atoms with Crippen LogP contribution in [-0.4, -0.2) is 12.4 Å². The number of carbonyl (C=O) groups excluding carboxylic acids is 1. The van der Waals surface area contributed by atoms with Gasteiger partial charge in [-0.2, -0.15) is 0 Å². The van der Waals surface area contributed by atoms with E-state index in [9.17, 15) is 4.79 Å². The van der Waals surface area contributed by atoms with E-state index in [1.54, 1.807) is 0 Å². The fourth-order valence-electron chi connectivity index (χ4n) is 2.22. The van der Waals surface area contributed by atoms with Crippen LogP contribution in [0.15, 0.2) is 59.7 Å². The minimum absolute atomic E-state index is 0.0803. The molecule has 0 N–H and O–H groups in total. The first kappa shape index (κ1) is 19.0. The van der Waals surface area contributed by atoms with Gasteiger partial charge in [0.15, 0.2) is 5.78 Å². The molecule has 0 saturated heterocycles. The summed E-state index contributed by atoms with van der Waals surface area (Å²) < 4.78 is 5.61. The van der Waals surface area contributed by atoms with Gasteiger partial charge in [-0.3, -0.25) is 4.79 Å². The van der Waals surface area contributed by atoms with Crippen molar-refractivity contribution in [3.8, 4) is 5.75 Å². The Kier molecular flexibility index (Phi) is 8.74. The Hall–Kier alpha value is -2.09. The summed E-state index contributed by atoms with van der Waals surface area (Å²) in [5, 5.41) is 0. The van der Waals surface area contributed by atoms with Gasteiger partial charge in [0.05, 0.1) is 5.56 Å². The molecule has 0 atom stereocenters. The van der Waals surface area contributed by atoms with E-state index in [4.69, 9.17) is 4.74 Å². The Morgan fingerprint density at radius 2 is 1.83 bits per heavy atom. The molecule has 0 radical (unpaired) electrons. The molecule has 1 aromatic rings. The van der Waals surface area contributed by atoms with Crippen molar-refractivity contribution >= 4 is 5.78 Å². The first-order valence-corrected chi connectivity index (χ1v) is 8.60. The lowest BCUT2D eigenvalue weighted by Crippen LogP contribution is -2.19. The zero-order chi connectivity index (χ0) is 17.1. The number of benzene rings is 1. The van der Waals surface area contributed by atoms with E-state index < -0.39 is 0 Å². The van der Waals surface area contributed by atoms with Gasteiger partial charge in [-0.05, 0) is 36.6 Å². The van der Waals surface area contributed by atoms with Gasteiger partial charge < -0.3 is 4.74 Å². The van der Waals surface area contributed by atoms with Gasteiger partial charge >= 0.3 is 0 Å². The standard InChI is InChI=1S/C16H14O2.C3H8.C2H6/c17-16-13(10-12-6-2-1-3-7-12)11-18-15-9-5-4-8-14(15)16;1-3-2;1-2/h2,4-10H,1,3,11H2;3H2,1-2H3;1-2H3/b13-10+;;. The normalized spacial score (nSPS) is 17.0. The molecule has 0 unspecified atom stereocenters. The Morgan fingerprint density at radius 1 is 1.13 bits per heavy atom. The van der Waals surface area contributed by atoms with Crippen LogP contribution >= 0.6 is 0 Å². The average molecular weight is 312 g/mol. The van der Waals surface area contributed by atoms with Crippen LogP contribution in [-0.2, 0) is 0 Å². The molecule has 0 spiro atoms. The third kappa shape index (κ3) is 5.55. The molecule has 0 aromatic heterocycles. The second kappa shape index (κ2) is 10.6. The molecule has 124 valence electrons. The predicted octanol–water partition coefficient (Wildman–Crippen LogP) is 5.91. The van der Waals surface area contributed by atoms with Gasteiger partial charge in [0.25, 0.3) is 0 Å². The maximum Gasteiger partial charge on any atom is 0.196 e. The SMILES string of the molecule is CC.CCC.O=C1/C(=C/C2=CCCC=C2)COc2ccccc21. The van der Waals surface area contributed by atoms with Crippen molar-refractivity contribution in [2.24, 2.45) is 0 Å². The van der Waals surface area contributed by atoms with Crippen molar-refractivity contribution in [1.29, 1.82) is 0 Å². The Balaban J connectivity index is 0.000000477. The lowest BCUT2D eigenvalue weighted by atomic mass is 9.97. The van der Waals surface area contributed by atoms with Crippen LogP contribution in [0, 0.1) is 0 Å². The minimum atomic E-state index is 0.0803. The van der Waals surface area contributed by atoms with Crippen LogP contribution < -0.4 is 4.74 Å². The maximum atomic E-state index is 12.3. The summed E-state index contributed by atoms with van der Waals surface area (Å²) >= 11 is 0. The van der Waals surface area contributed by atoms with E-state index in [0.717, 1.165) is 24.0 Å². The largest absolute Gasteiger partial charge is 0.488 e. The quantitative estimate of drug-likeness (QED) is 0.603. The molecule has 0 fully saturated rings. The number of rotatable bonds is 1. The molecular weight excluding hydrogens is 284 g/mol. The molecule has 2 aliphatic rings. The van der Waals surface area contributed by atoms with E-state index >= 15 is 0 Å². The first-order chi connectivity index (χ1) is 11.3. The fourth-order valence-corrected chi connectivity index (χ4v) is 2.22. The van der Waals surface area contributed by atoms with Crippen LogP contribution in [0.1, 0.15) is 57.3 Å². The molecule has 2 heteroatoms. The van der Waals surface area contributed by atoms with Crippen LogP contribution in [0.4, 0.5) is 0 Å². The fraction of sp³-hybridized carbons (Fsp3) is 0.381. The van der Waals surface area contributed by atoms with Crippen LogP contribution in [0.25, 0.3) is 0 Å².